The Morgan fingerprint density at radius 1 is 1.55 bits per heavy atom. The zero-order valence-electron chi connectivity index (χ0n) is 12.8. The number of nitrogens with zero attached hydrogens (tertiary/aromatic N) is 3. The molecule has 2 N–H and O–H groups in total. The second-order valence-electron chi connectivity index (χ2n) is 5.63. The van der Waals surface area contributed by atoms with Gasteiger partial charge in [-0.25, -0.2) is 4.52 Å². The molecular formula is C15H15N5O2. The van der Waals surface area contributed by atoms with Crippen molar-refractivity contribution in [3.05, 3.63) is 48.5 Å². The fourth-order valence-electron chi connectivity index (χ4n) is 3.11. The van der Waals surface area contributed by atoms with E-state index in [0.717, 1.165) is 0 Å². The van der Waals surface area contributed by atoms with E-state index in [9.17, 15) is 9.59 Å². The second kappa shape index (κ2) is 4.33. The first kappa shape index (κ1) is 11.8. The molecule has 2 aromatic rings. The van der Waals surface area contributed by atoms with Crippen molar-refractivity contribution in [2.45, 2.75) is 12.0 Å². The number of amides is 2. The minimum atomic E-state index is -0.781. The van der Waals surface area contributed by atoms with E-state index in [2.05, 4.69) is 22.3 Å². The molecule has 0 bridgehead atoms. The third-order valence-corrected chi connectivity index (χ3v) is 4.24. The Bertz CT molecular complexity index is 861. The highest BCUT2D eigenvalue weighted by molar-refractivity contribution is 6.02. The van der Waals surface area contributed by atoms with E-state index in [1.807, 2.05) is 0 Å². The SMILES string of the molecule is [3H]c1ccn2ncc(C(=O)N3CCC4(C3)NC(=C)NC4=O)c2c1. The summed E-state index contributed by atoms with van der Waals surface area (Å²) in [6.45, 7) is 4.48. The number of nitrogens with one attached hydrogen (secondary N) is 2. The molecule has 2 aliphatic rings. The van der Waals surface area contributed by atoms with Gasteiger partial charge in [-0.2, -0.15) is 5.10 Å². The quantitative estimate of drug-likeness (QED) is 0.783. The Labute approximate surface area is 128 Å². The summed E-state index contributed by atoms with van der Waals surface area (Å²) in [5.74, 6) is 0.139. The highest BCUT2D eigenvalue weighted by atomic mass is 16.2. The third-order valence-electron chi connectivity index (χ3n) is 4.24. The van der Waals surface area contributed by atoms with Gasteiger partial charge in [0.05, 0.1) is 31.0 Å². The van der Waals surface area contributed by atoms with Crippen LogP contribution in [0.4, 0.5) is 0 Å². The Hall–Kier alpha value is -2.83. The van der Waals surface area contributed by atoms with Crippen LogP contribution in [0.15, 0.2) is 43.0 Å². The van der Waals surface area contributed by atoms with Crippen LogP contribution in [-0.2, 0) is 4.79 Å². The molecule has 0 aromatic carbocycles. The van der Waals surface area contributed by atoms with E-state index in [1.165, 1.54) is 6.20 Å². The Balaban J connectivity index is 1.64. The molecule has 4 rings (SSSR count). The standard InChI is InChI=1S/C15H15N5O2/c1-10-17-14(22)15(18-10)5-7-19(9-15)13(21)11-8-16-20-6-3-2-4-12(11)20/h2-4,6,8,18H,1,5,7,9H2,(H,17,22)/i2T. The predicted molar refractivity (Wildman–Crippen MR) is 78.9 cm³/mol. The van der Waals surface area contributed by atoms with Crippen LogP contribution in [0.3, 0.4) is 0 Å². The van der Waals surface area contributed by atoms with Crippen molar-refractivity contribution in [2.75, 3.05) is 13.1 Å². The Morgan fingerprint density at radius 3 is 3.18 bits per heavy atom. The third kappa shape index (κ3) is 1.71. The first-order valence-electron chi connectivity index (χ1n) is 7.50. The van der Waals surface area contributed by atoms with E-state index in [1.54, 1.807) is 27.7 Å². The van der Waals surface area contributed by atoms with Gasteiger partial charge >= 0.3 is 0 Å². The number of rotatable bonds is 1. The van der Waals surface area contributed by atoms with Gasteiger partial charge in [0.25, 0.3) is 11.8 Å². The highest BCUT2D eigenvalue weighted by Gasteiger charge is 2.50. The molecule has 2 saturated heterocycles. The summed E-state index contributed by atoms with van der Waals surface area (Å²) in [7, 11) is 0. The molecule has 4 heterocycles. The zero-order valence-corrected chi connectivity index (χ0v) is 11.8. The molecule has 1 atom stereocenters. The summed E-state index contributed by atoms with van der Waals surface area (Å²) in [6, 6.07) is 3.53. The van der Waals surface area contributed by atoms with Crippen LogP contribution in [0.1, 0.15) is 18.1 Å². The normalized spacial score (nSPS) is 24.7. The molecule has 2 fully saturated rings. The number of carbonyl (C=O) groups excluding carboxylic acids is 2. The van der Waals surface area contributed by atoms with Gasteiger partial charge in [-0.1, -0.05) is 12.6 Å². The van der Waals surface area contributed by atoms with Crippen molar-refractivity contribution in [2.24, 2.45) is 0 Å². The largest absolute Gasteiger partial charge is 0.356 e. The summed E-state index contributed by atoms with van der Waals surface area (Å²) in [5, 5.41) is 9.86. The smallest absolute Gasteiger partial charge is 0.257 e. The maximum atomic E-state index is 12.8. The van der Waals surface area contributed by atoms with E-state index >= 15 is 0 Å². The van der Waals surface area contributed by atoms with Gasteiger partial charge in [0.1, 0.15) is 5.54 Å². The maximum absolute atomic E-state index is 12.8. The fourth-order valence-corrected chi connectivity index (χ4v) is 3.11. The van der Waals surface area contributed by atoms with Gasteiger partial charge in [0.2, 0.25) is 0 Å². The number of hydrogen-bond donors (Lipinski definition) is 2. The van der Waals surface area contributed by atoms with Crippen LogP contribution >= 0.6 is 0 Å². The van der Waals surface area contributed by atoms with Crippen LogP contribution < -0.4 is 10.6 Å². The fraction of sp³-hybridized carbons (Fsp3) is 0.267. The number of aromatic nitrogens is 2. The van der Waals surface area contributed by atoms with Crippen LogP contribution in [-0.4, -0.2) is 45.0 Å². The molecule has 7 nitrogen and oxygen atoms in total. The summed E-state index contributed by atoms with van der Waals surface area (Å²) in [5.41, 5.74) is 0.251. The number of hydrogen-bond acceptors (Lipinski definition) is 4. The monoisotopic (exact) mass is 299 g/mol. The van der Waals surface area contributed by atoms with Crippen LogP contribution in [0.25, 0.3) is 5.52 Å². The van der Waals surface area contributed by atoms with Gasteiger partial charge < -0.3 is 15.5 Å². The number of carbonyl (C=O) groups is 2. The van der Waals surface area contributed by atoms with Crippen molar-refractivity contribution < 1.29 is 11.0 Å². The van der Waals surface area contributed by atoms with Gasteiger partial charge in [0.15, 0.2) is 0 Å². The minimum Gasteiger partial charge on any atom is -0.356 e. The molecular weight excluding hydrogens is 282 g/mol. The Morgan fingerprint density at radius 2 is 2.41 bits per heavy atom. The number of likely N-dealkylation sites (tertiary alicyclic amines) is 1. The number of pyridine rings is 1. The van der Waals surface area contributed by atoms with Crippen molar-refractivity contribution in [1.29, 1.82) is 0 Å². The molecule has 0 saturated carbocycles. The first-order chi connectivity index (χ1) is 11.0. The lowest BCUT2D eigenvalue weighted by Crippen LogP contribution is -2.49. The van der Waals surface area contributed by atoms with Crippen molar-refractivity contribution in [3.63, 3.8) is 0 Å². The molecule has 2 aliphatic heterocycles. The van der Waals surface area contributed by atoms with Crippen molar-refractivity contribution >= 4 is 17.3 Å². The van der Waals surface area contributed by atoms with Crippen LogP contribution in [0.5, 0.6) is 0 Å². The molecule has 7 heteroatoms. The van der Waals surface area contributed by atoms with Gasteiger partial charge in [0, 0.05) is 12.7 Å². The van der Waals surface area contributed by atoms with E-state index in [-0.39, 0.29) is 18.4 Å². The summed E-state index contributed by atoms with van der Waals surface area (Å²) in [6.07, 6.45) is 3.69. The number of fused-ring (bicyclic) bond motifs is 1. The topological polar surface area (TPSA) is 78.7 Å². The molecule has 0 aliphatic carbocycles. The summed E-state index contributed by atoms with van der Waals surface area (Å²) in [4.78, 5) is 26.5. The zero-order chi connectivity index (χ0) is 16.2. The second-order valence-corrected chi connectivity index (χ2v) is 5.63. The minimum absolute atomic E-state index is 0.147. The summed E-state index contributed by atoms with van der Waals surface area (Å²) < 4.78 is 9.27. The van der Waals surface area contributed by atoms with Crippen LogP contribution in [0, 0.1) is 0 Å². The molecule has 0 radical (unpaired) electrons. The van der Waals surface area contributed by atoms with Gasteiger partial charge in [-0.05, 0) is 18.6 Å². The molecule has 1 spiro atoms. The van der Waals surface area contributed by atoms with Gasteiger partial charge in [-0.15, -0.1) is 0 Å². The Kier molecular flexibility index (Phi) is 2.32. The molecule has 22 heavy (non-hydrogen) atoms. The highest BCUT2D eigenvalue weighted by Crippen LogP contribution is 2.28. The van der Waals surface area contributed by atoms with E-state index in [4.69, 9.17) is 1.37 Å². The van der Waals surface area contributed by atoms with E-state index in [0.29, 0.717) is 35.9 Å². The van der Waals surface area contributed by atoms with Crippen LogP contribution in [0.2, 0.25) is 0 Å². The van der Waals surface area contributed by atoms with Crippen molar-refractivity contribution in [3.8, 4) is 0 Å². The van der Waals surface area contributed by atoms with Gasteiger partial charge in [-0.3, -0.25) is 9.59 Å². The first-order valence-corrected chi connectivity index (χ1v) is 7.00. The van der Waals surface area contributed by atoms with Crippen molar-refractivity contribution in [1.82, 2.24) is 25.1 Å². The molecule has 112 valence electrons. The maximum Gasteiger partial charge on any atom is 0.257 e. The lowest BCUT2D eigenvalue weighted by atomic mass is 9.99. The predicted octanol–water partition coefficient (Wildman–Crippen LogP) is 0.110. The van der Waals surface area contributed by atoms with E-state index < -0.39 is 5.54 Å². The molecule has 1 unspecified atom stereocenters. The average Bonchev–Trinajstić information content (AvgIpc) is 3.17. The molecule has 2 amide bonds. The lowest BCUT2D eigenvalue weighted by molar-refractivity contribution is -0.123. The average molecular weight is 299 g/mol. The molecule has 2 aromatic heterocycles. The lowest BCUT2D eigenvalue weighted by Gasteiger charge is -2.21. The summed E-state index contributed by atoms with van der Waals surface area (Å²) >= 11 is 0.